The Balaban J connectivity index is 1.44. The number of benzene rings is 3. The highest BCUT2D eigenvalue weighted by Crippen LogP contribution is 2.20. The molecule has 0 spiro atoms. The Kier molecular flexibility index (Phi) is 6.18. The lowest BCUT2D eigenvalue weighted by molar-refractivity contribution is -0.121. The van der Waals surface area contributed by atoms with Gasteiger partial charge < -0.3 is 4.74 Å². The molecule has 3 aromatic rings. The van der Waals surface area contributed by atoms with Crippen molar-refractivity contribution in [1.29, 1.82) is 0 Å². The molecule has 0 aromatic heterocycles. The van der Waals surface area contributed by atoms with Crippen molar-refractivity contribution < 1.29 is 14.3 Å². The average Bonchev–Trinajstić information content (AvgIpc) is 2.71. The third-order valence-electron chi connectivity index (χ3n) is 3.95. The molecule has 28 heavy (non-hydrogen) atoms. The van der Waals surface area contributed by atoms with E-state index in [1.165, 1.54) is 0 Å². The highest BCUT2D eigenvalue weighted by atomic mass is 32.1. The number of carbonyl (C=O) groups excluding carboxylic acids is 2. The zero-order chi connectivity index (χ0) is 19.9. The normalized spacial score (nSPS) is 10.2. The fourth-order valence-corrected chi connectivity index (χ4v) is 2.66. The maximum Gasteiger partial charge on any atom is 0.269 e. The zero-order valence-electron chi connectivity index (χ0n) is 15.2. The van der Waals surface area contributed by atoms with Crippen LogP contribution in [-0.4, -0.2) is 23.5 Å². The Morgan fingerprint density at radius 1 is 0.929 bits per heavy atom. The van der Waals surface area contributed by atoms with Crippen molar-refractivity contribution in [2.75, 3.05) is 6.61 Å². The molecule has 6 nitrogen and oxygen atoms in total. The topological polar surface area (TPSA) is 79.5 Å². The van der Waals surface area contributed by atoms with Crippen LogP contribution < -0.4 is 20.9 Å². The van der Waals surface area contributed by atoms with Crippen LogP contribution in [0.15, 0.2) is 66.7 Å². The second kappa shape index (κ2) is 8.96. The summed E-state index contributed by atoms with van der Waals surface area (Å²) in [5.74, 6) is -0.209. The van der Waals surface area contributed by atoms with Crippen LogP contribution in [0.5, 0.6) is 5.75 Å². The summed E-state index contributed by atoms with van der Waals surface area (Å²) in [6.07, 6.45) is 0. The molecule has 0 radical (unpaired) electrons. The molecule has 0 heterocycles. The van der Waals surface area contributed by atoms with Crippen LogP contribution in [0, 0.1) is 6.92 Å². The number of amides is 2. The highest BCUT2D eigenvalue weighted by molar-refractivity contribution is 7.80. The van der Waals surface area contributed by atoms with Crippen LogP contribution in [-0.2, 0) is 4.79 Å². The van der Waals surface area contributed by atoms with Gasteiger partial charge in [-0.15, -0.1) is 0 Å². The maximum absolute atomic E-state index is 12.0. The monoisotopic (exact) mass is 393 g/mol. The number of thiocarbonyl (C=S) groups is 1. The van der Waals surface area contributed by atoms with E-state index in [1.54, 1.807) is 18.2 Å². The number of carbonyl (C=O) groups is 2. The first-order chi connectivity index (χ1) is 13.5. The Morgan fingerprint density at radius 2 is 1.64 bits per heavy atom. The smallest absolute Gasteiger partial charge is 0.269 e. The van der Waals surface area contributed by atoms with Crippen molar-refractivity contribution >= 4 is 39.9 Å². The molecule has 0 bridgehead atoms. The van der Waals surface area contributed by atoms with Crippen molar-refractivity contribution in [3.63, 3.8) is 0 Å². The minimum absolute atomic E-state index is 0.0208. The van der Waals surface area contributed by atoms with E-state index in [-0.39, 0.29) is 17.6 Å². The molecule has 0 aliphatic heterocycles. The number of hydrogen-bond donors (Lipinski definition) is 3. The molecule has 0 unspecified atom stereocenters. The van der Waals surface area contributed by atoms with E-state index < -0.39 is 5.91 Å². The van der Waals surface area contributed by atoms with Crippen LogP contribution in [0.2, 0.25) is 0 Å². The molecule has 0 atom stereocenters. The SMILES string of the molecule is Cc1ccc(C(=O)NNC(=S)NC(=O)COc2ccc3ccccc3c2)cc1. The molecule has 0 aliphatic rings. The van der Waals surface area contributed by atoms with Gasteiger partial charge in [0, 0.05) is 5.56 Å². The first-order valence-electron chi connectivity index (χ1n) is 8.60. The molecule has 0 saturated heterocycles. The van der Waals surface area contributed by atoms with E-state index in [2.05, 4.69) is 16.2 Å². The van der Waals surface area contributed by atoms with Crippen molar-refractivity contribution in [2.45, 2.75) is 6.92 Å². The molecule has 3 N–H and O–H groups in total. The van der Waals surface area contributed by atoms with Crippen LogP contribution in [0.25, 0.3) is 10.8 Å². The maximum atomic E-state index is 12.0. The molecule has 0 fully saturated rings. The van der Waals surface area contributed by atoms with E-state index in [0.717, 1.165) is 16.3 Å². The first-order valence-corrected chi connectivity index (χ1v) is 9.00. The second-order valence-electron chi connectivity index (χ2n) is 6.12. The van der Waals surface area contributed by atoms with Crippen molar-refractivity contribution in [2.24, 2.45) is 0 Å². The molecular formula is C21H19N3O3S. The third-order valence-corrected chi connectivity index (χ3v) is 4.15. The lowest BCUT2D eigenvalue weighted by Crippen LogP contribution is -2.49. The zero-order valence-corrected chi connectivity index (χ0v) is 16.0. The summed E-state index contributed by atoms with van der Waals surface area (Å²) in [6.45, 7) is 1.73. The van der Waals surface area contributed by atoms with Gasteiger partial charge >= 0.3 is 0 Å². The van der Waals surface area contributed by atoms with Gasteiger partial charge in [0.25, 0.3) is 11.8 Å². The number of nitrogens with one attached hydrogen (secondary N) is 3. The molecule has 7 heteroatoms. The summed E-state index contributed by atoms with van der Waals surface area (Å²) in [6, 6.07) is 20.5. The van der Waals surface area contributed by atoms with Crippen molar-refractivity contribution in [3.05, 3.63) is 77.9 Å². The van der Waals surface area contributed by atoms with Gasteiger partial charge in [0.2, 0.25) is 0 Å². The van der Waals surface area contributed by atoms with Gasteiger partial charge in [0.05, 0.1) is 0 Å². The highest BCUT2D eigenvalue weighted by Gasteiger charge is 2.08. The van der Waals surface area contributed by atoms with E-state index in [9.17, 15) is 9.59 Å². The number of hydrazine groups is 1. The Hall–Kier alpha value is -3.45. The van der Waals surface area contributed by atoms with Crippen LogP contribution in [0.4, 0.5) is 0 Å². The summed E-state index contributed by atoms with van der Waals surface area (Å²) in [7, 11) is 0. The van der Waals surface area contributed by atoms with Crippen LogP contribution in [0.1, 0.15) is 15.9 Å². The molecule has 2 amide bonds. The Morgan fingerprint density at radius 3 is 2.39 bits per heavy atom. The van der Waals surface area contributed by atoms with Crippen LogP contribution >= 0.6 is 12.2 Å². The van der Waals surface area contributed by atoms with E-state index in [0.29, 0.717) is 11.3 Å². The third kappa shape index (κ3) is 5.28. The standard InChI is InChI=1S/C21H19N3O3S/c1-14-6-8-16(9-7-14)20(26)23-24-21(28)22-19(25)13-27-18-11-10-15-4-2-3-5-17(15)12-18/h2-12H,13H2,1H3,(H,23,26)(H2,22,24,25,28). The van der Waals surface area contributed by atoms with E-state index in [4.69, 9.17) is 17.0 Å². The van der Waals surface area contributed by atoms with Crippen molar-refractivity contribution in [3.8, 4) is 5.75 Å². The predicted octanol–water partition coefficient (Wildman–Crippen LogP) is 2.86. The summed E-state index contributed by atoms with van der Waals surface area (Å²) < 4.78 is 5.50. The fraction of sp³-hybridized carbons (Fsp3) is 0.0952. The minimum atomic E-state index is -0.435. The number of fused-ring (bicyclic) bond motifs is 1. The van der Waals surface area contributed by atoms with Crippen LogP contribution in [0.3, 0.4) is 0 Å². The van der Waals surface area contributed by atoms with Gasteiger partial charge in [0.1, 0.15) is 5.75 Å². The number of hydrogen-bond acceptors (Lipinski definition) is 4. The number of ether oxygens (including phenoxy) is 1. The fourth-order valence-electron chi connectivity index (χ4n) is 2.49. The first kappa shape index (κ1) is 19.3. The largest absolute Gasteiger partial charge is 0.484 e. The lowest BCUT2D eigenvalue weighted by atomic mass is 10.1. The molecule has 142 valence electrons. The van der Waals surface area contributed by atoms with Gasteiger partial charge in [-0.1, -0.05) is 48.0 Å². The summed E-state index contributed by atoms with van der Waals surface area (Å²) in [4.78, 5) is 24.0. The van der Waals surface area contributed by atoms with E-state index >= 15 is 0 Å². The Bertz CT molecular complexity index is 1020. The minimum Gasteiger partial charge on any atom is -0.484 e. The molecule has 0 aliphatic carbocycles. The van der Waals surface area contributed by atoms with Gasteiger partial charge in [-0.3, -0.25) is 25.8 Å². The van der Waals surface area contributed by atoms with Crippen molar-refractivity contribution in [1.82, 2.24) is 16.2 Å². The second-order valence-corrected chi connectivity index (χ2v) is 6.53. The molecule has 3 rings (SSSR count). The number of rotatable bonds is 4. The molecule has 3 aromatic carbocycles. The van der Waals surface area contributed by atoms with Gasteiger partial charge in [-0.25, -0.2) is 0 Å². The lowest BCUT2D eigenvalue weighted by Gasteiger charge is -2.11. The molecule has 0 saturated carbocycles. The summed E-state index contributed by atoms with van der Waals surface area (Å²) in [5.41, 5.74) is 6.46. The van der Waals surface area contributed by atoms with Gasteiger partial charge in [-0.05, 0) is 54.2 Å². The average molecular weight is 393 g/mol. The summed E-state index contributed by atoms with van der Waals surface area (Å²) >= 11 is 5.00. The predicted molar refractivity (Wildman–Crippen MR) is 112 cm³/mol. The van der Waals surface area contributed by atoms with Gasteiger partial charge in [0.15, 0.2) is 11.7 Å². The quantitative estimate of drug-likeness (QED) is 0.469. The molecular weight excluding hydrogens is 374 g/mol. The Labute approximate surface area is 167 Å². The van der Waals surface area contributed by atoms with E-state index in [1.807, 2.05) is 55.5 Å². The van der Waals surface area contributed by atoms with Gasteiger partial charge in [-0.2, -0.15) is 0 Å². The number of aryl methyl sites for hydroxylation is 1. The summed E-state index contributed by atoms with van der Waals surface area (Å²) in [5, 5.41) is 4.54.